The fraction of sp³-hybridized carbons (Fsp3) is 0.400. The summed E-state index contributed by atoms with van der Waals surface area (Å²) in [6.07, 6.45) is 1.84. The summed E-state index contributed by atoms with van der Waals surface area (Å²) in [5, 5.41) is 8.06. The van der Waals surface area contributed by atoms with Gasteiger partial charge in [0.2, 0.25) is 0 Å². The zero-order chi connectivity index (χ0) is 8.91. The first-order chi connectivity index (χ1) is 4.92. The Bertz CT molecular complexity index is 203. The predicted octanol–water partition coefficient (Wildman–Crippen LogP) is 0.195. The van der Waals surface area contributed by atoms with E-state index >= 15 is 0 Å². The predicted molar refractivity (Wildman–Crippen MR) is 38.3 cm³/mol. The van der Waals surface area contributed by atoms with Crippen LogP contribution >= 0.6 is 7.60 Å². The highest BCUT2D eigenvalue weighted by molar-refractivity contribution is 7.51. The highest BCUT2D eigenvalue weighted by atomic mass is 31.2. The Balaban J connectivity index is 3.59. The average Bonchev–Trinajstić information content (AvgIpc) is 1.78. The van der Waals surface area contributed by atoms with Gasteiger partial charge in [0.05, 0.1) is 6.16 Å². The van der Waals surface area contributed by atoms with Gasteiger partial charge >= 0.3 is 13.6 Å². The van der Waals surface area contributed by atoms with Crippen LogP contribution in [-0.2, 0) is 9.36 Å². The number of carboxylic acid groups (broad SMARTS) is 1. The number of aliphatic carboxylic acids is 1. The molecule has 0 saturated heterocycles. The lowest BCUT2D eigenvalue weighted by Crippen LogP contribution is -1.88. The van der Waals surface area contributed by atoms with Crippen molar-refractivity contribution in [1.82, 2.24) is 0 Å². The van der Waals surface area contributed by atoms with Crippen molar-refractivity contribution >= 4 is 13.6 Å². The molecule has 6 heteroatoms. The Hall–Kier alpha value is -0.640. The second-order valence-electron chi connectivity index (χ2n) is 1.92. The first-order valence-electron chi connectivity index (χ1n) is 2.86. The fourth-order valence-corrected chi connectivity index (χ4v) is 0.912. The van der Waals surface area contributed by atoms with Gasteiger partial charge in [-0.25, -0.2) is 4.79 Å². The zero-order valence-corrected chi connectivity index (χ0v) is 6.57. The minimum Gasteiger partial charge on any atom is -0.478 e. The van der Waals surface area contributed by atoms with Crippen molar-refractivity contribution in [2.45, 2.75) is 6.42 Å². The second-order valence-corrected chi connectivity index (χ2v) is 3.69. The molecule has 3 N–H and O–H groups in total. The monoisotopic (exact) mass is 180 g/mol. The number of rotatable bonds is 4. The quantitative estimate of drug-likeness (QED) is 0.424. The third-order valence-electron chi connectivity index (χ3n) is 0.847. The van der Waals surface area contributed by atoms with Gasteiger partial charge < -0.3 is 14.9 Å². The summed E-state index contributed by atoms with van der Waals surface area (Å²) in [6.45, 7) is 0. The molecule has 0 aromatic rings. The van der Waals surface area contributed by atoms with Crippen molar-refractivity contribution in [3.63, 3.8) is 0 Å². The van der Waals surface area contributed by atoms with Crippen molar-refractivity contribution in [3.05, 3.63) is 12.2 Å². The van der Waals surface area contributed by atoms with Gasteiger partial charge in [0.15, 0.2) is 0 Å². The van der Waals surface area contributed by atoms with Gasteiger partial charge in [-0.2, -0.15) is 0 Å². The summed E-state index contributed by atoms with van der Waals surface area (Å²) in [5.41, 5.74) is 0. The van der Waals surface area contributed by atoms with Crippen LogP contribution in [0.25, 0.3) is 0 Å². The van der Waals surface area contributed by atoms with Gasteiger partial charge in [0.25, 0.3) is 0 Å². The molecule has 0 aromatic carbocycles. The van der Waals surface area contributed by atoms with Crippen LogP contribution in [0.4, 0.5) is 0 Å². The van der Waals surface area contributed by atoms with Gasteiger partial charge in [-0.05, 0) is 6.42 Å². The number of allylic oxidation sites excluding steroid dienone is 1. The zero-order valence-electron chi connectivity index (χ0n) is 5.67. The molecule has 0 atom stereocenters. The minimum atomic E-state index is -3.97. The molecule has 0 bridgehead atoms. The summed E-state index contributed by atoms with van der Waals surface area (Å²) in [5.74, 6) is -1.12. The summed E-state index contributed by atoms with van der Waals surface area (Å²) in [4.78, 5) is 26.5. The number of hydrogen-bond acceptors (Lipinski definition) is 2. The molecule has 0 unspecified atom stereocenters. The molecule has 0 aromatic heterocycles. The van der Waals surface area contributed by atoms with Gasteiger partial charge in [0, 0.05) is 6.08 Å². The van der Waals surface area contributed by atoms with Crippen molar-refractivity contribution in [2.75, 3.05) is 6.16 Å². The highest BCUT2D eigenvalue weighted by Gasteiger charge is 2.09. The normalized spacial score (nSPS) is 12.2. The molecule has 0 saturated carbocycles. The lowest BCUT2D eigenvalue weighted by atomic mass is 10.4. The number of carboxylic acids is 1. The van der Waals surface area contributed by atoms with Crippen LogP contribution < -0.4 is 0 Å². The topological polar surface area (TPSA) is 94.8 Å². The summed E-state index contributed by atoms with van der Waals surface area (Å²) < 4.78 is 10.2. The van der Waals surface area contributed by atoms with Crippen LogP contribution in [-0.4, -0.2) is 27.0 Å². The van der Waals surface area contributed by atoms with E-state index in [1.807, 2.05) is 0 Å². The number of hydrogen-bond donors (Lipinski definition) is 3. The molecular formula is C5H9O5P. The maximum Gasteiger partial charge on any atom is 0.327 e. The summed E-state index contributed by atoms with van der Waals surface area (Å²) >= 11 is 0. The second kappa shape index (κ2) is 4.28. The Morgan fingerprint density at radius 1 is 1.45 bits per heavy atom. The van der Waals surface area contributed by atoms with Gasteiger partial charge in [-0.3, -0.25) is 4.57 Å². The molecule has 0 radical (unpaired) electrons. The third kappa shape index (κ3) is 9.36. The van der Waals surface area contributed by atoms with Crippen LogP contribution in [0.2, 0.25) is 0 Å². The van der Waals surface area contributed by atoms with E-state index in [4.69, 9.17) is 14.9 Å². The standard InChI is InChI=1S/C5H9O5P/c6-5(7)3-1-2-4-11(8,9)10/h1,3H,2,4H2,(H,6,7)(H2,8,9,10). The molecule has 0 aliphatic rings. The molecule has 0 aliphatic heterocycles. The summed E-state index contributed by atoms with van der Waals surface area (Å²) in [7, 11) is -3.97. The molecule has 0 spiro atoms. The van der Waals surface area contributed by atoms with Gasteiger partial charge in [-0.1, -0.05) is 6.08 Å². The molecule has 0 fully saturated rings. The number of carbonyl (C=O) groups is 1. The lowest BCUT2D eigenvalue weighted by Gasteiger charge is -1.97. The van der Waals surface area contributed by atoms with Crippen LogP contribution in [0, 0.1) is 0 Å². The lowest BCUT2D eigenvalue weighted by molar-refractivity contribution is -0.131. The molecule has 64 valence electrons. The van der Waals surface area contributed by atoms with E-state index in [-0.39, 0.29) is 12.6 Å². The highest BCUT2D eigenvalue weighted by Crippen LogP contribution is 2.34. The van der Waals surface area contributed by atoms with Crippen molar-refractivity contribution in [3.8, 4) is 0 Å². The van der Waals surface area contributed by atoms with Crippen LogP contribution in [0.5, 0.6) is 0 Å². The van der Waals surface area contributed by atoms with E-state index in [1.54, 1.807) is 0 Å². The third-order valence-corrected chi connectivity index (χ3v) is 1.69. The average molecular weight is 180 g/mol. The molecule has 0 heterocycles. The molecule has 11 heavy (non-hydrogen) atoms. The molecule has 5 nitrogen and oxygen atoms in total. The smallest absolute Gasteiger partial charge is 0.327 e. The fourth-order valence-electron chi connectivity index (χ4n) is 0.427. The Morgan fingerprint density at radius 2 is 2.00 bits per heavy atom. The Morgan fingerprint density at radius 3 is 2.36 bits per heavy atom. The molecule has 0 amide bonds. The summed E-state index contributed by atoms with van der Waals surface area (Å²) in [6, 6.07) is 0. The molecular weight excluding hydrogens is 171 g/mol. The van der Waals surface area contributed by atoms with Crippen molar-refractivity contribution in [2.24, 2.45) is 0 Å². The van der Waals surface area contributed by atoms with E-state index in [0.29, 0.717) is 0 Å². The van der Waals surface area contributed by atoms with E-state index in [2.05, 4.69) is 0 Å². The van der Waals surface area contributed by atoms with Gasteiger partial charge in [-0.15, -0.1) is 0 Å². The maximum absolute atomic E-state index is 10.2. The van der Waals surface area contributed by atoms with Crippen LogP contribution in [0.15, 0.2) is 12.2 Å². The van der Waals surface area contributed by atoms with E-state index in [9.17, 15) is 9.36 Å². The minimum absolute atomic E-state index is 0.0799. The Kier molecular flexibility index (Phi) is 4.03. The maximum atomic E-state index is 10.2. The van der Waals surface area contributed by atoms with Crippen LogP contribution in [0.3, 0.4) is 0 Å². The van der Waals surface area contributed by atoms with Crippen molar-refractivity contribution < 1.29 is 24.3 Å². The first-order valence-corrected chi connectivity index (χ1v) is 4.65. The van der Waals surface area contributed by atoms with E-state index < -0.39 is 13.6 Å². The van der Waals surface area contributed by atoms with Crippen LogP contribution in [0.1, 0.15) is 6.42 Å². The SMILES string of the molecule is O=C(O)C=CCCP(=O)(O)O. The van der Waals surface area contributed by atoms with Gasteiger partial charge in [0.1, 0.15) is 0 Å². The molecule has 0 aliphatic carbocycles. The Labute approximate surface area is 63.5 Å². The largest absolute Gasteiger partial charge is 0.478 e. The molecule has 0 rings (SSSR count). The first kappa shape index (κ1) is 10.4. The van der Waals surface area contributed by atoms with E-state index in [0.717, 1.165) is 6.08 Å². The van der Waals surface area contributed by atoms with E-state index in [1.165, 1.54) is 6.08 Å². The van der Waals surface area contributed by atoms with Crippen molar-refractivity contribution in [1.29, 1.82) is 0 Å².